The smallest absolute Gasteiger partial charge is 0.357 e. The predicted octanol–water partition coefficient (Wildman–Crippen LogP) is 3.39. The second kappa shape index (κ2) is 7.36. The highest BCUT2D eigenvalue weighted by Gasteiger charge is 2.32. The Hall–Kier alpha value is -3.55. The largest absolute Gasteiger partial charge is 0.465 e. The fourth-order valence-electron chi connectivity index (χ4n) is 2.63. The lowest BCUT2D eigenvalue weighted by Crippen LogP contribution is -2.15. The van der Waals surface area contributed by atoms with Crippen LogP contribution in [0, 0.1) is 11.6 Å². The molecule has 0 radical (unpaired) electrons. The van der Waals surface area contributed by atoms with Gasteiger partial charge in [-0.15, -0.1) is 0 Å². The van der Waals surface area contributed by atoms with Crippen molar-refractivity contribution in [1.29, 1.82) is 0 Å². The Morgan fingerprint density at radius 3 is 2.22 bits per heavy atom. The van der Waals surface area contributed by atoms with Crippen LogP contribution in [0.3, 0.4) is 0 Å². The van der Waals surface area contributed by atoms with E-state index in [4.69, 9.17) is 9.47 Å². The number of benzene rings is 2. The van der Waals surface area contributed by atoms with Crippen molar-refractivity contribution in [2.75, 3.05) is 14.2 Å². The van der Waals surface area contributed by atoms with Gasteiger partial charge in [0.1, 0.15) is 11.3 Å². The van der Waals surface area contributed by atoms with Gasteiger partial charge >= 0.3 is 11.9 Å². The van der Waals surface area contributed by atoms with Gasteiger partial charge in [0.05, 0.1) is 19.9 Å². The Balaban J connectivity index is 2.40. The zero-order valence-electron chi connectivity index (χ0n) is 14.4. The van der Waals surface area contributed by atoms with Gasteiger partial charge in [-0.1, -0.05) is 24.3 Å². The van der Waals surface area contributed by atoms with E-state index in [2.05, 4.69) is 5.10 Å². The molecule has 0 spiro atoms. The topological polar surface area (TPSA) is 70.4 Å². The van der Waals surface area contributed by atoms with E-state index >= 15 is 0 Å². The summed E-state index contributed by atoms with van der Waals surface area (Å²) in [6, 6.07) is 11.9. The molecule has 0 N–H and O–H groups in total. The highest BCUT2D eigenvalue weighted by molar-refractivity contribution is 6.06. The molecule has 0 amide bonds. The number of methoxy groups -OCH3 is 2. The third-order valence-electron chi connectivity index (χ3n) is 3.86. The van der Waals surface area contributed by atoms with Crippen molar-refractivity contribution in [3.05, 3.63) is 71.4 Å². The summed E-state index contributed by atoms with van der Waals surface area (Å²) in [7, 11) is 2.24. The quantitative estimate of drug-likeness (QED) is 0.657. The van der Waals surface area contributed by atoms with Crippen molar-refractivity contribution < 1.29 is 27.8 Å². The summed E-state index contributed by atoms with van der Waals surface area (Å²) in [5.74, 6) is -4.12. The molecular formula is C19H14F2N2O4. The molecule has 0 aliphatic rings. The summed E-state index contributed by atoms with van der Waals surface area (Å²) in [5.41, 5.74) is -0.670. The fourth-order valence-corrected chi connectivity index (χ4v) is 2.63. The first-order valence-electron chi connectivity index (χ1n) is 7.79. The number of aromatic nitrogens is 2. The van der Waals surface area contributed by atoms with E-state index < -0.39 is 23.6 Å². The van der Waals surface area contributed by atoms with Gasteiger partial charge < -0.3 is 9.47 Å². The van der Waals surface area contributed by atoms with Gasteiger partial charge in [0.2, 0.25) is 0 Å². The summed E-state index contributed by atoms with van der Waals surface area (Å²) >= 11 is 0. The molecule has 6 nitrogen and oxygen atoms in total. The zero-order valence-corrected chi connectivity index (χ0v) is 14.4. The molecule has 0 unspecified atom stereocenters. The first-order valence-corrected chi connectivity index (χ1v) is 7.79. The number of rotatable bonds is 4. The fraction of sp³-hybridized carbons (Fsp3) is 0.105. The molecule has 8 heteroatoms. The van der Waals surface area contributed by atoms with E-state index in [1.807, 2.05) is 0 Å². The lowest BCUT2D eigenvalue weighted by Gasteiger charge is -2.07. The summed E-state index contributed by atoms with van der Waals surface area (Å²) in [6.07, 6.45) is 0. The van der Waals surface area contributed by atoms with E-state index in [-0.39, 0.29) is 22.5 Å². The number of ether oxygens (including phenoxy) is 2. The average Bonchev–Trinajstić information content (AvgIpc) is 3.09. The second-order valence-corrected chi connectivity index (χ2v) is 5.40. The standard InChI is InChI=1S/C19H14F2N2O4/c1-26-18(24)14-16(12-9-6-10-13(20)15(12)21)22-23(17(14)19(25)27-2)11-7-4-3-5-8-11/h3-10H,1-2H3. The minimum atomic E-state index is -1.20. The number of carbonyl (C=O) groups is 2. The van der Waals surface area contributed by atoms with Crippen LogP contribution in [0.2, 0.25) is 0 Å². The molecule has 0 aliphatic heterocycles. The van der Waals surface area contributed by atoms with E-state index in [1.165, 1.54) is 12.1 Å². The number of esters is 2. The first-order chi connectivity index (χ1) is 13.0. The molecule has 0 aliphatic carbocycles. The number of hydrogen-bond donors (Lipinski definition) is 0. The van der Waals surface area contributed by atoms with Crippen LogP contribution in [0.5, 0.6) is 0 Å². The molecule has 3 rings (SSSR count). The normalized spacial score (nSPS) is 10.5. The van der Waals surface area contributed by atoms with Crippen LogP contribution in [-0.4, -0.2) is 35.9 Å². The monoisotopic (exact) mass is 372 g/mol. The van der Waals surface area contributed by atoms with Gasteiger partial charge in [0.15, 0.2) is 17.3 Å². The number of para-hydroxylation sites is 1. The molecule has 0 saturated carbocycles. The molecule has 3 aromatic rings. The average molecular weight is 372 g/mol. The number of carbonyl (C=O) groups excluding carboxylic acids is 2. The van der Waals surface area contributed by atoms with Crippen LogP contribution in [0.15, 0.2) is 48.5 Å². The lowest BCUT2D eigenvalue weighted by atomic mass is 10.0. The molecule has 138 valence electrons. The van der Waals surface area contributed by atoms with Gasteiger partial charge in [-0.25, -0.2) is 23.1 Å². The summed E-state index contributed by atoms with van der Waals surface area (Å²) in [4.78, 5) is 24.8. The molecule has 0 atom stereocenters. The molecule has 1 heterocycles. The van der Waals surface area contributed by atoms with Crippen molar-refractivity contribution in [3.63, 3.8) is 0 Å². The maximum absolute atomic E-state index is 14.4. The van der Waals surface area contributed by atoms with Crippen LogP contribution >= 0.6 is 0 Å². The van der Waals surface area contributed by atoms with E-state index in [0.29, 0.717) is 5.69 Å². The summed E-state index contributed by atoms with van der Waals surface area (Å²) in [6.45, 7) is 0. The first kappa shape index (κ1) is 18.2. The highest BCUT2D eigenvalue weighted by Crippen LogP contribution is 2.31. The number of nitrogens with zero attached hydrogens (tertiary/aromatic N) is 2. The molecule has 27 heavy (non-hydrogen) atoms. The zero-order chi connectivity index (χ0) is 19.6. The highest BCUT2D eigenvalue weighted by atomic mass is 19.2. The van der Waals surface area contributed by atoms with Crippen molar-refractivity contribution in [2.24, 2.45) is 0 Å². The minimum Gasteiger partial charge on any atom is -0.465 e. The predicted molar refractivity (Wildman–Crippen MR) is 91.6 cm³/mol. The molecule has 0 saturated heterocycles. The number of halogens is 2. The van der Waals surface area contributed by atoms with E-state index in [9.17, 15) is 18.4 Å². The van der Waals surface area contributed by atoms with Gasteiger partial charge in [-0.3, -0.25) is 0 Å². The Labute approximate surface area is 152 Å². The SMILES string of the molecule is COC(=O)c1c(-c2cccc(F)c2F)nn(-c2ccccc2)c1C(=O)OC. The minimum absolute atomic E-state index is 0.233. The Morgan fingerprint density at radius 1 is 0.926 bits per heavy atom. The van der Waals surface area contributed by atoms with Crippen LogP contribution < -0.4 is 0 Å². The van der Waals surface area contributed by atoms with Crippen molar-refractivity contribution in [1.82, 2.24) is 9.78 Å². The van der Waals surface area contributed by atoms with Crippen molar-refractivity contribution >= 4 is 11.9 Å². The maximum atomic E-state index is 14.4. The Morgan fingerprint density at radius 2 is 1.59 bits per heavy atom. The Kier molecular flexibility index (Phi) is 4.98. The van der Waals surface area contributed by atoms with E-state index in [1.54, 1.807) is 30.3 Å². The van der Waals surface area contributed by atoms with Gasteiger partial charge in [0.25, 0.3) is 0 Å². The molecule has 0 fully saturated rings. The summed E-state index contributed by atoms with van der Waals surface area (Å²) in [5, 5.41) is 4.20. The summed E-state index contributed by atoms with van der Waals surface area (Å²) < 4.78 is 38.7. The molecule has 0 bridgehead atoms. The maximum Gasteiger partial charge on any atom is 0.357 e. The van der Waals surface area contributed by atoms with Crippen LogP contribution in [0.4, 0.5) is 8.78 Å². The third kappa shape index (κ3) is 3.17. The Bertz CT molecular complexity index is 1020. The van der Waals surface area contributed by atoms with Crippen molar-refractivity contribution in [3.8, 4) is 16.9 Å². The molecule has 2 aromatic carbocycles. The van der Waals surface area contributed by atoms with Crippen LogP contribution in [0.25, 0.3) is 16.9 Å². The van der Waals surface area contributed by atoms with Crippen LogP contribution in [-0.2, 0) is 9.47 Å². The third-order valence-corrected chi connectivity index (χ3v) is 3.86. The lowest BCUT2D eigenvalue weighted by molar-refractivity contribution is 0.0549. The van der Waals surface area contributed by atoms with Gasteiger partial charge in [-0.05, 0) is 24.3 Å². The van der Waals surface area contributed by atoms with Crippen LogP contribution in [0.1, 0.15) is 20.8 Å². The van der Waals surface area contributed by atoms with E-state index in [0.717, 1.165) is 25.0 Å². The number of hydrogen-bond acceptors (Lipinski definition) is 5. The molecular weight excluding hydrogens is 358 g/mol. The van der Waals surface area contributed by atoms with Crippen molar-refractivity contribution in [2.45, 2.75) is 0 Å². The molecule has 1 aromatic heterocycles. The van der Waals surface area contributed by atoms with Gasteiger partial charge in [0, 0.05) is 5.56 Å². The second-order valence-electron chi connectivity index (χ2n) is 5.40. The van der Waals surface area contributed by atoms with Gasteiger partial charge in [-0.2, -0.15) is 5.10 Å².